The van der Waals surface area contributed by atoms with Gasteiger partial charge in [0.05, 0.1) is 11.1 Å². The van der Waals surface area contributed by atoms with Crippen LogP contribution in [0.5, 0.6) is 0 Å². The largest absolute Gasteiger partial charge is 0.416 e. The van der Waals surface area contributed by atoms with Crippen molar-refractivity contribution in [2.24, 2.45) is 0 Å². The molecule has 2 N–H and O–H groups in total. The van der Waals surface area contributed by atoms with Crippen molar-refractivity contribution in [3.63, 3.8) is 0 Å². The molecular formula is C20H19F6N3O2. The van der Waals surface area contributed by atoms with Gasteiger partial charge in [-0.05, 0) is 56.3 Å². The van der Waals surface area contributed by atoms with Gasteiger partial charge in [-0.25, -0.2) is 0 Å². The number of halogens is 6. The number of anilines is 3. The number of hydrogen-bond donors (Lipinski definition) is 2. The van der Waals surface area contributed by atoms with Crippen molar-refractivity contribution >= 4 is 28.9 Å². The van der Waals surface area contributed by atoms with Crippen molar-refractivity contribution in [3.8, 4) is 0 Å². The summed E-state index contributed by atoms with van der Waals surface area (Å²) in [5, 5.41) is 4.02. The molecule has 0 spiro atoms. The average Bonchev–Trinajstić information content (AvgIpc) is 2.68. The maximum Gasteiger partial charge on any atom is 0.416 e. The maximum atomic E-state index is 12.9. The Balaban J connectivity index is 2.16. The molecular weight excluding hydrogens is 428 g/mol. The lowest BCUT2D eigenvalue weighted by molar-refractivity contribution is -0.143. The Morgan fingerprint density at radius 3 is 1.55 bits per heavy atom. The molecule has 0 heterocycles. The molecule has 2 aromatic rings. The minimum Gasteiger partial charge on any atom is -0.372 e. The van der Waals surface area contributed by atoms with Crippen LogP contribution in [-0.4, -0.2) is 24.9 Å². The van der Waals surface area contributed by atoms with Gasteiger partial charge in [-0.3, -0.25) is 9.59 Å². The number of carbonyl (C=O) groups is 2. The first-order valence-corrected chi connectivity index (χ1v) is 9.12. The molecule has 168 valence electrons. The van der Waals surface area contributed by atoms with Gasteiger partial charge in [0.2, 0.25) is 0 Å². The van der Waals surface area contributed by atoms with Gasteiger partial charge in [-0.15, -0.1) is 0 Å². The third-order valence-corrected chi connectivity index (χ3v) is 4.31. The molecule has 2 rings (SSSR count). The van der Waals surface area contributed by atoms with E-state index in [0.29, 0.717) is 12.1 Å². The normalized spacial score (nSPS) is 11.7. The first-order valence-electron chi connectivity index (χ1n) is 9.12. The van der Waals surface area contributed by atoms with Gasteiger partial charge < -0.3 is 15.5 Å². The maximum absolute atomic E-state index is 12.9. The molecule has 0 saturated heterocycles. The first kappa shape index (κ1) is 24.0. The topological polar surface area (TPSA) is 61.4 Å². The summed E-state index contributed by atoms with van der Waals surface area (Å²) in [7, 11) is 0. The summed E-state index contributed by atoms with van der Waals surface area (Å²) in [6, 6.07) is 6.99. The molecule has 5 nitrogen and oxygen atoms in total. The Bertz CT molecular complexity index is 903. The molecule has 0 aliphatic carbocycles. The number of amides is 2. The fourth-order valence-electron chi connectivity index (χ4n) is 2.75. The van der Waals surface area contributed by atoms with Crippen molar-refractivity contribution in [3.05, 3.63) is 53.6 Å². The van der Waals surface area contributed by atoms with Crippen molar-refractivity contribution in [2.75, 3.05) is 28.6 Å². The molecule has 0 atom stereocenters. The standard InChI is InChI=1S/C20H19F6N3O2/c1-3-29(4-2)16-7-5-14(6-8-16)27-17(30)18(31)28-15-10-12(19(21,22)23)9-13(11-15)20(24,25)26/h5-11H,3-4H2,1-2H3,(H,27,30)(H,28,31). The molecule has 0 aliphatic heterocycles. The Morgan fingerprint density at radius 2 is 1.16 bits per heavy atom. The monoisotopic (exact) mass is 447 g/mol. The number of alkyl halides is 6. The van der Waals surface area contributed by atoms with E-state index in [0.717, 1.165) is 18.8 Å². The second-order valence-electron chi connectivity index (χ2n) is 6.42. The van der Waals surface area contributed by atoms with E-state index in [9.17, 15) is 35.9 Å². The minimum absolute atomic E-state index is 0.0762. The highest BCUT2D eigenvalue weighted by molar-refractivity contribution is 6.43. The van der Waals surface area contributed by atoms with E-state index in [2.05, 4.69) is 5.32 Å². The van der Waals surface area contributed by atoms with E-state index in [1.54, 1.807) is 17.4 Å². The molecule has 0 fully saturated rings. The summed E-state index contributed by atoms with van der Waals surface area (Å²) in [6.07, 6.45) is -10.1. The lowest BCUT2D eigenvalue weighted by Gasteiger charge is -2.21. The van der Waals surface area contributed by atoms with Crippen LogP contribution in [0.2, 0.25) is 0 Å². The third-order valence-electron chi connectivity index (χ3n) is 4.31. The lowest BCUT2D eigenvalue weighted by atomic mass is 10.1. The Hall–Kier alpha value is -3.24. The number of hydrogen-bond acceptors (Lipinski definition) is 3. The summed E-state index contributed by atoms with van der Waals surface area (Å²) in [5.41, 5.74) is -2.92. The second kappa shape index (κ2) is 9.27. The smallest absolute Gasteiger partial charge is 0.372 e. The van der Waals surface area contributed by atoms with Gasteiger partial charge >= 0.3 is 24.2 Å². The summed E-state index contributed by atoms with van der Waals surface area (Å²) in [5.74, 6) is -2.66. The Morgan fingerprint density at radius 1 is 0.742 bits per heavy atom. The first-order chi connectivity index (χ1) is 14.3. The van der Waals surface area contributed by atoms with Crippen LogP contribution in [0.15, 0.2) is 42.5 Å². The van der Waals surface area contributed by atoms with Gasteiger partial charge in [0, 0.05) is 30.2 Å². The highest BCUT2D eigenvalue weighted by Gasteiger charge is 2.37. The van der Waals surface area contributed by atoms with Crippen LogP contribution in [-0.2, 0) is 21.9 Å². The molecule has 31 heavy (non-hydrogen) atoms. The van der Waals surface area contributed by atoms with Crippen LogP contribution >= 0.6 is 0 Å². The van der Waals surface area contributed by atoms with Crippen molar-refractivity contribution in [1.29, 1.82) is 0 Å². The van der Waals surface area contributed by atoms with Gasteiger partial charge in [0.15, 0.2) is 0 Å². The molecule has 0 aliphatic rings. The number of rotatable bonds is 5. The van der Waals surface area contributed by atoms with Crippen LogP contribution in [0.3, 0.4) is 0 Å². The predicted molar refractivity (Wildman–Crippen MR) is 104 cm³/mol. The van der Waals surface area contributed by atoms with Crippen molar-refractivity contribution < 1.29 is 35.9 Å². The van der Waals surface area contributed by atoms with E-state index < -0.39 is 41.0 Å². The van der Waals surface area contributed by atoms with Crippen LogP contribution in [0.25, 0.3) is 0 Å². The van der Waals surface area contributed by atoms with Gasteiger partial charge in [-0.1, -0.05) is 0 Å². The molecule has 0 aromatic heterocycles. The number of carbonyl (C=O) groups excluding carboxylic acids is 2. The van der Waals surface area contributed by atoms with Gasteiger partial charge in [0.1, 0.15) is 0 Å². The van der Waals surface area contributed by atoms with Crippen LogP contribution in [0.1, 0.15) is 25.0 Å². The molecule has 11 heteroatoms. The van der Waals surface area contributed by atoms with Crippen LogP contribution < -0.4 is 15.5 Å². The lowest BCUT2D eigenvalue weighted by Crippen LogP contribution is -2.29. The Labute approximate surface area is 174 Å². The highest BCUT2D eigenvalue weighted by Crippen LogP contribution is 2.37. The zero-order chi connectivity index (χ0) is 23.4. The average molecular weight is 447 g/mol. The highest BCUT2D eigenvalue weighted by atomic mass is 19.4. The second-order valence-corrected chi connectivity index (χ2v) is 6.42. The fourth-order valence-corrected chi connectivity index (χ4v) is 2.75. The Kier molecular flexibility index (Phi) is 7.19. The molecule has 0 saturated carbocycles. The van der Waals surface area contributed by atoms with Gasteiger partial charge in [0.25, 0.3) is 0 Å². The fraction of sp³-hybridized carbons (Fsp3) is 0.300. The molecule has 2 amide bonds. The van der Waals surface area contributed by atoms with E-state index in [1.807, 2.05) is 18.7 Å². The molecule has 0 radical (unpaired) electrons. The zero-order valence-corrected chi connectivity index (χ0v) is 16.5. The van der Waals surface area contributed by atoms with Crippen molar-refractivity contribution in [1.82, 2.24) is 0 Å². The zero-order valence-electron chi connectivity index (χ0n) is 16.5. The van der Waals surface area contributed by atoms with E-state index in [-0.39, 0.29) is 11.8 Å². The SMILES string of the molecule is CCN(CC)c1ccc(NC(=O)C(=O)Nc2cc(C(F)(F)F)cc(C(F)(F)F)c2)cc1. The quantitative estimate of drug-likeness (QED) is 0.493. The van der Waals surface area contributed by atoms with Gasteiger partial charge in [-0.2, -0.15) is 26.3 Å². The molecule has 0 unspecified atom stereocenters. The van der Waals surface area contributed by atoms with Crippen molar-refractivity contribution in [2.45, 2.75) is 26.2 Å². The number of nitrogens with one attached hydrogen (secondary N) is 2. The molecule has 0 bridgehead atoms. The summed E-state index contributed by atoms with van der Waals surface area (Å²) >= 11 is 0. The van der Waals surface area contributed by atoms with Crippen LogP contribution in [0.4, 0.5) is 43.4 Å². The minimum atomic E-state index is -5.07. The van der Waals surface area contributed by atoms with E-state index in [4.69, 9.17) is 0 Å². The summed E-state index contributed by atoms with van der Waals surface area (Å²) < 4.78 is 77.4. The summed E-state index contributed by atoms with van der Waals surface area (Å²) in [4.78, 5) is 26.1. The van der Waals surface area contributed by atoms with E-state index >= 15 is 0 Å². The summed E-state index contributed by atoms with van der Waals surface area (Å²) in [6.45, 7) is 5.42. The van der Waals surface area contributed by atoms with Crippen LogP contribution in [0, 0.1) is 0 Å². The number of benzene rings is 2. The molecule has 2 aromatic carbocycles. The van der Waals surface area contributed by atoms with E-state index in [1.165, 1.54) is 12.1 Å². The number of nitrogens with zero attached hydrogens (tertiary/aromatic N) is 1. The predicted octanol–water partition coefficient (Wildman–Crippen LogP) is 5.15. The third kappa shape index (κ3) is 6.37.